The van der Waals surface area contributed by atoms with Crippen LogP contribution in [0.25, 0.3) is 11.3 Å². The molecule has 0 saturated carbocycles. The molecule has 1 amide bonds. The first-order valence-corrected chi connectivity index (χ1v) is 8.42. The number of nitrogens with zero attached hydrogens (tertiary/aromatic N) is 1. The number of rotatable bonds is 5. The summed E-state index contributed by atoms with van der Waals surface area (Å²) < 4.78 is 5.63. The summed E-state index contributed by atoms with van der Waals surface area (Å²) in [5, 5.41) is 14.6. The van der Waals surface area contributed by atoms with Crippen LogP contribution in [0.15, 0.2) is 70.2 Å². The van der Waals surface area contributed by atoms with Gasteiger partial charge in [0.05, 0.1) is 16.3 Å². The molecule has 0 spiro atoms. The molecular weight excluding hydrogens is 375 g/mol. The Bertz CT molecular complexity index is 939. The molecule has 0 radical (unpaired) electrons. The number of aliphatic hydroxyl groups excluding tert-OH is 1. The third kappa shape index (κ3) is 4.14. The van der Waals surface area contributed by atoms with Gasteiger partial charge < -0.3 is 9.52 Å². The van der Waals surface area contributed by atoms with Gasteiger partial charge in [0.25, 0.3) is 5.91 Å². The highest BCUT2D eigenvalue weighted by Gasteiger charge is 2.16. The number of nitrogens with one attached hydrogen (secondary N) is 1. The van der Waals surface area contributed by atoms with Crippen molar-refractivity contribution in [2.24, 2.45) is 5.10 Å². The first-order chi connectivity index (χ1) is 12.6. The van der Waals surface area contributed by atoms with Crippen molar-refractivity contribution in [3.05, 3.63) is 82.0 Å². The fourth-order valence-electron chi connectivity index (χ4n) is 2.27. The summed E-state index contributed by atoms with van der Waals surface area (Å²) in [5.41, 5.74) is 3.41. The van der Waals surface area contributed by atoms with Crippen molar-refractivity contribution < 1.29 is 14.3 Å². The van der Waals surface area contributed by atoms with Crippen molar-refractivity contribution in [3.63, 3.8) is 0 Å². The first kappa shape index (κ1) is 18.2. The van der Waals surface area contributed by atoms with E-state index in [0.717, 1.165) is 0 Å². The third-order valence-electron chi connectivity index (χ3n) is 3.57. The summed E-state index contributed by atoms with van der Waals surface area (Å²) in [6, 6.07) is 17.2. The van der Waals surface area contributed by atoms with Gasteiger partial charge in [-0.1, -0.05) is 59.6 Å². The van der Waals surface area contributed by atoms with E-state index in [9.17, 15) is 9.90 Å². The van der Waals surface area contributed by atoms with Gasteiger partial charge in [0.15, 0.2) is 6.10 Å². The molecule has 2 aromatic carbocycles. The number of hydrogen-bond acceptors (Lipinski definition) is 4. The zero-order valence-corrected chi connectivity index (χ0v) is 14.9. The average Bonchev–Trinajstić information content (AvgIpc) is 3.12. The molecule has 3 rings (SSSR count). The number of carbonyl (C=O) groups is 1. The topological polar surface area (TPSA) is 74.8 Å². The Morgan fingerprint density at radius 1 is 1.08 bits per heavy atom. The van der Waals surface area contributed by atoms with Gasteiger partial charge >= 0.3 is 0 Å². The molecule has 1 aromatic heterocycles. The summed E-state index contributed by atoms with van der Waals surface area (Å²) in [4.78, 5) is 11.9. The summed E-state index contributed by atoms with van der Waals surface area (Å²) >= 11 is 12.2. The van der Waals surface area contributed by atoms with Crippen molar-refractivity contribution in [1.29, 1.82) is 0 Å². The van der Waals surface area contributed by atoms with E-state index >= 15 is 0 Å². The van der Waals surface area contributed by atoms with Crippen LogP contribution in [0, 0.1) is 0 Å². The standard InChI is InChI=1S/C19H14Cl2N2O3/c20-15-8-4-7-14(17(15)21)16-10-9-13(26-16)11-22-23-19(25)18(24)12-5-2-1-3-6-12/h1-11,18,24H,(H,23,25)/b22-11-/t18-/m1/s1. The molecule has 0 aliphatic carbocycles. The quantitative estimate of drug-likeness (QED) is 0.501. The maximum absolute atomic E-state index is 11.9. The van der Waals surface area contributed by atoms with Crippen LogP contribution in [-0.4, -0.2) is 17.2 Å². The van der Waals surface area contributed by atoms with Crippen LogP contribution in [0.1, 0.15) is 17.4 Å². The van der Waals surface area contributed by atoms with Crippen molar-refractivity contribution in [3.8, 4) is 11.3 Å². The van der Waals surface area contributed by atoms with E-state index in [1.54, 1.807) is 60.7 Å². The van der Waals surface area contributed by atoms with Crippen LogP contribution in [-0.2, 0) is 4.79 Å². The van der Waals surface area contributed by atoms with E-state index in [-0.39, 0.29) is 0 Å². The van der Waals surface area contributed by atoms with Crippen LogP contribution in [0.4, 0.5) is 0 Å². The fourth-order valence-corrected chi connectivity index (χ4v) is 2.66. The Morgan fingerprint density at radius 3 is 2.62 bits per heavy atom. The number of amides is 1. The zero-order valence-electron chi connectivity index (χ0n) is 13.4. The lowest BCUT2D eigenvalue weighted by Crippen LogP contribution is -2.25. The molecule has 5 nitrogen and oxygen atoms in total. The Morgan fingerprint density at radius 2 is 1.85 bits per heavy atom. The molecule has 0 saturated heterocycles. The number of aliphatic hydroxyl groups is 1. The lowest BCUT2D eigenvalue weighted by atomic mass is 10.1. The molecule has 0 fully saturated rings. The van der Waals surface area contributed by atoms with Crippen LogP contribution in [0.5, 0.6) is 0 Å². The van der Waals surface area contributed by atoms with E-state index in [1.807, 2.05) is 0 Å². The molecule has 132 valence electrons. The van der Waals surface area contributed by atoms with Crippen molar-refractivity contribution >= 4 is 35.3 Å². The number of hydrazone groups is 1. The molecular formula is C19H14Cl2N2O3. The SMILES string of the molecule is O=C(N/N=C\c1ccc(-c2cccc(Cl)c2Cl)o1)[C@H](O)c1ccccc1. The normalized spacial score (nSPS) is 12.3. The van der Waals surface area contributed by atoms with Gasteiger partial charge in [-0.3, -0.25) is 4.79 Å². The van der Waals surface area contributed by atoms with Gasteiger partial charge in [0.1, 0.15) is 11.5 Å². The van der Waals surface area contributed by atoms with E-state index in [0.29, 0.717) is 32.7 Å². The molecule has 0 aliphatic rings. The van der Waals surface area contributed by atoms with Gasteiger partial charge in [0, 0.05) is 5.56 Å². The molecule has 26 heavy (non-hydrogen) atoms. The van der Waals surface area contributed by atoms with Gasteiger partial charge in [0.2, 0.25) is 0 Å². The maximum Gasteiger partial charge on any atom is 0.273 e. The minimum absolute atomic E-state index is 0.395. The highest BCUT2D eigenvalue weighted by molar-refractivity contribution is 6.43. The molecule has 1 atom stereocenters. The number of furan rings is 1. The lowest BCUT2D eigenvalue weighted by molar-refractivity contribution is -0.129. The van der Waals surface area contributed by atoms with Crippen LogP contribution in [0.2, 0.25) is 10.0 Å². The summed E-state index contributed by atoms with van der Waals surface area (Å²) in [6.07, 6.45) is 0.0307. The highest BCUT2D eigenvalue weighted by atomic mass is 35.5. The molecule has 7 heteroatoms. The third-order valence-corrected chi connectivity index (χ3v) is 4.39. The number of hydrogen-bond donors (Lipinski definition) is 2. The second-order valence-corrected chi connectivity index (χ2v) is 6.14. The second-order valence-electron chi connectivity index (χ2n) is 5.35. The zero-order chi connectivity index (χ0) is 18.5. The van der Waals surface area contributed by atoms with Gasteiger partial charge in [-0.05, 0) is 29.8 Å². The highest BCUT2D eigenvalue weighted by Crippen LogP contribution is 2.34. The van der Waals surface area contributed by atoms with Gasteiger partial charge in [-0.15, -0.1) is 0 Å². The summed E-state index contributed by atoms with van der Waals surface area (Å²) in [7, 11) is 0. The Kier molecular flexibility index (Phi) is 5.73. The molecule has 1 heterocycles. The fraction of sp³-hybridized carbons (Fsp3) is 0.0526. The monoisotopic (exact) mass is 388 g/mol. The predicted octanol–water partition coefficient (Wildman–Crippen LogP) is 4.44. The average molecular weight is 389 g/mol. The molecule has 3 aromatic rings. The molecule has 0 bridgehead atoms. The van der Waals surface area contributed by atoms with Gasteiger partial charge in [-0.2, -0.15) is 5.10 Å². The van der Waals surface area contributed by atoms with Crippen LogP contribution >= 0.6 is 23.2 Å². The van der Waals surface area contributed by atoms with Crippen molar-refractivity contribution in [1.82, 2.24) is 5.43 Å². The summed E-state index contributed by atoms with van der Waals surface area (Å²) in [6.45, 7) is 0. The Balaban J connectivity index is 1.66. The van der Waals surface area contributed by atoms with E-state index < -0.39 is 12.0 Å². The molecule has 2 N–H and O–H groups in total. The van der Waals surface area contributed by atoms with Crippen LogP contribution < -0.4 is 5.43 Å². The minimum atomic E-state index is -1.30. The lowest BCUT2D eigenvalue weighted by Gasteiger charge is -2.08. The van der Waals surface area contributed by atoms with E-state index in [2.05, 4.69) is 10.5 Å². The summed E-state index contributed by atoms with van der Waals surface area (Å²) in [5.74, 6) is 0.289. The van der Waals surface area contributed by atoms with Gasteiger partial charge in [-0.25, -0.2) is 5.43 Å². The predicted molar refractivity (Wildman–Crippen MR) is 101 cm³/mol. The van der Waals surface area contributed by atoms with E-state index in [4.69, 9.17) is 27.6 Å². The Labute approximate surface area is 159 Å². The van der Waals surface area contributed by atoms with E-state index in [1.165, 1.54) is 6.21 Å². The maximum atomic E-state index is 11.9. The number of halogens is 2. The number of benzene rings is 2. The Hall–Kier alpha value is -2.60. The molecule has 0 aliphatic heterocycles. The second kappa shape index (κ2) is 8.19. The molecule has 0 unspecified atom stereocenters. The number of carbonyl (C=O) groups excluding carboxylic acids is 1. The smallest absolute Gasteiger partial charge is 0.273 e. The largest absolute Gasteiger partial charge is 0.455 e. The van der Waals surface area contributed by atoms with Crippen molar-refractivity contribution in [2.75, 3.05) is 0 Å². The first-order valence-electron chi connectivity index (χ1n) is 7.66. The minimum Gasteiger partial charge on any atom is -0.455 e. The van der Waals surface area contributed by atoms with Crippen LogP contribution in [0.3, 0.4) is 0 Å². The van der Waals surface area contributed by atoms with Crippen molar-refractivity contribution in [2.45, 2.75) is 6.10 Å².